The lowest BCUT2D eigenvalue weighted by molar-refractivity contribution is 0.0201. The number of hydrogen-bond acceptors (Lipinski definition) is 6. The molecule has 8 nitrogen and oxygen atoms in total. The van der Waals surface area contributed by atoms with E-state index in [1.54, 1.807) is 6.20 Å². The molecule has 4 heterocycles. The first-order valence-corrected chi connectivity index (χ1v) is 8.31. The van der Waals surface area contributed by atoms with E-state index in [9.17, 15) is 4.79 Å². The van der Waals surface area contributed by atoms with Gasteiger partial charge in [0.05, 0.1) is 25.5 Å². The zero-order valence-corrected chi connectivity index (χ0v) is 13.5. The Morgan fingerprint density at radius 1 is 1.29 bits per heavy atom. The van der Waals surface area contributed by atoms with Crippen molar-refractivity contribution in [3.05, 3.63) is 36.3 Å². The van der Waals surface area contributed by atoms with Crippen molar-refractivity contribution in [2.75, 3.05) is 32.8 Å². The number of aryl methyl sites for hydroxylation is 1. The minimum atomic E-state index is -0.0864. The van der Waals surface area contributed by atoms with Gasteiger partial charge in [-0.25, -0.2) is 4.98 Å². The highest BCUT2D eigenvalue weighted by Gasteiger charge is 2.31. The van der Waals surface area contributed by atoms with Gasteiger partial charge in [0.1, 0.15) is 6.26 Å². The van der Waals surface area contributed by atoms with Gasteiger partial charge < -0.3 is 14.1 Å². The molecule has 1 atom stereocenters. The summed E-state index contributed by atoms with van der Waals surface area (Å²) in [6.45, 7) is 5.54. The molecule has 1 amide bonds. The van der Waals surface area contributed by atoms with Crippen LogP contribution in [-0.4, -0.2) is 69.4 Å². The van der Waals surface area contributed by atoms with E-state index in [0.29, 0.717) is 12.2 Å². The highest BCUT2D eigenvalue weighted by atomic mass is 16.5. The van der Waals surface area contributed by atoms with Crippen molar-refractivity contribution in [3.63, 3.8) is 0 Å². The van der Waals surface area contributed by atoms with E-state index < -0.39 is 0 Å². The van der Waals surface area contributed by atoms with Crippen molar-refractivity contribution in [2.45, 2.75) is 25.6 Å². The highest BCUT2D eigenvalue weighted by Crippen LogP contribution is 2.20. The average molecular weight is 331 g/mol. The Morgan fingerprint density at radius 2 is 2.17 bits per heavy atom. The Labute approximate surface area is 140 Å². The Hall–Kier alpha value is -2.19. The summed E-state index contributed by atoms with van der Waals surface area (Å²) in [6, 6.07) is 2.09. The molecule has 4 rings (SSSR count). The summed E-state index contributed by atoms with van der Waals surface area (Å²) in [5, 5.41) is 4.37. The van der Waals surface area contributed by atoms with E-state index >= 15 is 0 Å². The van der Waals surface area contributed by atoms with Crippen molar-refractivity contribution in [1.82, 2.24) is 24.6 Å². The quantitative estimate of drug-likeness (QED) is 0.820. The number of hydrogen-bond donors (Lipinski definition) is 0. The number of amides is 1. The van der Waals surface area contributed by atoms with Crippen molar-refractivity contribution in [1.29, 1.82) is 0 Å². The van der Waals surface area contributed by atoms with Crippen molar-refractivity contribution >= 4 is 5.91 Å². The van der Waals surface area contributed by atoms with Crippen LogP contribution >= 0.6 is 0 Å². The van der Waals surface area contributed by atoms with Crippen LogP contribution in [0.5, 0.6) is 0 Å². The van der Waals surface area contributed by atoms with Crippen molar-refractivity contribution in [2.24, 2.45) is 0 Å². The summed E-state index contributed by atoms with van der Waals surface area (Å²) >= 11 is 0. The normalized spacial score (nSPS) is 22.2. The Balaban J connectivity index is 1.57. The number of aromatic nitrogens is 3. The fourth-order valence-electron chi connectivity index (χ4n) is 3.40. The number of fused-ring (bicyclic) bond motifs is 1. The van der Waals surface area contributed by atoms with Gasteiger partial charge in [0, 0.05) is 38.4 Å². The zero-order valence-electron chi connectivity index (χ0n) is 13.5. The molecule has 0 radical (unpaired) electrons. The Kier molecular flexibility index (Phi) is 4.31. The lowest BCUT2D eigenvalue weighted by Crippen LogP contribution is -2.49. The van der Waals surface area contributed by atoms with Gasteiger partial charge >= 0.3 is 0 Å². The zero-order chi connectivity index (χ0) is 16.4. The number of oxazole rings is 1. The fraction of sp³-hybridized carbons (Fsp3) is 0.562. The second kappa shape index (κ2) is 6.74. The second-order valence-corrected chi connectivity index (χ2v) is 6.21. The molecular weight excluding hydrogens is 310 g/mol. The number of carbonyl (C=O) groups is 1. The van der Waals surface area contributed by atoms with E-state index in [1.807, 2.05) is 15.6 Å². The maximum absolute atomic E-state index is 12.9. The molecule has 1 saturated heterocycles. The van der Waals surface area contributed by atoms with Crippen LogP contribution < -0.4 is 0 Å². The molecule has 2 aromatic heterocycles. The molecule has 0 spiro atoms. The number of morpholine rings is 1. The van der Waals surface area contributed by atoms with E-state index in [4.69, 9.17) is 9.15 Å². The molecular formula is C16H21N5O3. The van der Waals surface area contributed by atoms with E-state index in [1.165, 1.54) is 12.7 Å². The first-order valence-electron chi connectivity index (χ1n) is 8.31. The number of rotatable bonds is 3. The fourth-order valence-corrected chi connectivity index (χ4v) is 3.40. The summed E-state index contributed by atoms with van der Waals surface area (Å²) in [5.74, 6) is -0.0864. The van der Waals surface area contributed by atoms with Crippen molar-refractivity contribution in [3.8, 4) is 0 Å². The van der Waals surface area contributed by atoms with Crippen LogP contribution in [-0.2, 0) is 17.8 Å². The molecule has 0 N–H and O–H groups in total. The lowest BCUT2D eigenvalue weighted by Gasteiger charge is -2.35. The van der Waals surface area contributed by atoms with Gasteiger partial charge in [-0.3, -0.25) is 14.4 Å². The first-order chi connectivity index (χ1) is 11.8. The minimum Gasteiger partial charge on any atom is -0.451 e. The number of ether oxygens (including phenoxy) is 1. The third-order valence-electron chi connectivity index (χ3n) is 4.74. The maximum atomic E-state index is 12.9. The van der Waals surface area contributed by atoms with Gasteiger partial charge in [0.15, 0.2) is 12.1 Å². The molecule has 2 aliphatic heterocycles. The molecule has 0 aliphatic carbocycles. The SMILES string of the molecule is O=C(c1cocn1)N1Cc2ccnn2CC[C@H]1CN1CCOCC1. The Bertz CT molecular complexity index is 678. The molecule has 0 bridgehead atoms. The van der Waals surface area contributed by atoms with Crippen molar-refractivity contribution < 1.29 is 13.9 Å². The van der Waals surface area contributed by atoms with Gasteiger partial charge in [0.25, 0.3) is 5.91 Å². The second-order valence-electron chi connectivity index (χ2n) is 6.21. The minimum absolute atomic E-state index is 0.0864. The predicted molar refractivity (Wildman–Crippen MR) is 84.3 cm³/mol. The first kappa shape index (κ1) is 15.3. The molecule has 128 valence electrons. The molecule has 8 heteroatoms. The van der Waals surface area contributed by atoms with Crippen LogP contribution in [0.2, 0.25) is 0 Å². The Morgan fingerprint density at radius 3 is 2.96 bits per heavy atom. The summed E-state index contributed by atoms with van der Waals surface area (Å²) in [7, 11) is 0. The van der Waals surface area contributed by atoms with Crippen LogP contribution in [0.1, 0.15) is 22.6 Å². The highest BCUT2D eigenvalue weighted by molar-refractivity contribution is 5.92. The van der Waals surface area contributed by atoms with Crippen LogP contribution in [0.25, 0.3) is 0 Å². The molecule has 1 fully saturated rings. The molecule has 2 aliphatic rings. The standard InChI is InChI=1S/C16H21N5O3/c22-16(15-11-24-12-17-15)20-10-14-1-3-18-21(14)4-2-13(20)9-19-5-7-23-8-6-19/h1,3,11-13H,2,4-10H2/t13-/m0/s1. The van der Waals surface area contributed by atoms with E-state index in [-0.39, 0.29) is 11.9 Å². The molecule has 0 aromatic carbocycles. The van der Waals surface area contributed by atoms with Gasteiger partial charge in [0.2, 0.25) is 0 Å². The summed E-state index contributed by atoms with van der Waals surface area (Å²) in [5.41, 5.74) is 1.41. The van der Waals surface area contributed by atoms with Crippen LogP contribution in [0.15, 0.2) is 29.3 Å². The number of nitrogens with zero attached hydrogens (tertiary/aromatic N) is 5. The summed E-state index contributed by atoms with van der Waals surface area (Å²) in [6.07, 6.45) is 5.37. The number of carbonyl (C=O) groups excluding carboxylic acids is 1. The predicted octanol–water partition coefficient (Wildman–Crippen LogP) is 0.618. The smallest absolute Gasteiger partial charge is 0.276 e. The average Bonchev–Trinajstić information content (AvgIpc) is 3.26. The van der Waals surface area contributed by atoms with Crippen LogP contribution in [0.4, 0.5) is 0 Å². The third-order valence-corrected chi connectivity index (χ3v) is 4.74. The largest absolute Gasteiger partial charge is 0.451 e. The monoisotopic (exact) mass is 331 g/mol. The molecule has 0 unspecified atom stereocenters. The van der Waals surface area contributed by atoms with Crippen LogP contribution in [0, 0.1) is 0 Å². The summed E-state index contributed by atoms with van der Waals surface area (Å²) in [4.78, 5) is 21.2. The van der Waals surface area contributed by atoms with Gasteiger partial charge in [-0.2, -0.15) is 5.10 Å². The maximum Gasteiger partial charge on any atom is 0.276 e. The van der Waals surface area contributed by atoms with Gasteiger partial charge in [-0.05, 0) is 12.5 Å². The van der Waals surface area contributed by atoms with Gasteiger partial charge in [-0.1, -0.05) is 0 Å². The molecule has 0 saturated carbocycles. The molecule has 24 heavy (non-hydrogen) atoms. The third kappa shape index (κ3) is 3.07. The van der Waals surface area contributed by atoms with E-state index in [0.717, 1.165) is 51.5 Å². The molecule has 2 aromatic rings. The summed E-state index contributed by atoms with van der Waals surface area (Å²) < 4.78 is 12.4. The van der Waals surface area contributed by atoms with Gasteiger partial charge in [-0.15, -0.1) is 0 Å². The lowest BCUT2D eigenvalue weighted by atomic mass is 10.1. The van der Waals surface area contributed by atoms with E-state index in [2.05, 4.69) is 15.0 Å². The van der Waals surface area contributed by atoms with Crippen LogP contribution in [0.3, 0.4) is 0 Å². The topological polar surface area (TPSA) is 76.6 Å².